The first-order valence-corrected chi connectivity index (χ1v) is 8.74. The number of methoxy groups -OCH3 is 3. The number of hydrogen-bond acceptors (Lipinski definition) is 7. The van der Waals surface area contributed by atoms with Crippen LogP contribution in [0.3, 0.4) is 0 Å². The Morgan fingerprint density at radius 2 is 1.64 bits per heavy atom. The smallest absolute Gasteiger partial charge is 0.343 e. The maximum Gasteiger partial charge on any atom is 0.343 e. The number of carbonyl (C=O) groups is 1. The molecule has 0 spiro atoms. The molecule has 0 saturated carbocycles. The fourth-order valence-electron chi connectivity index (χ4n) is 2.36. The molecule has 0 aliphatic rings. The van der Waals surface area contributed by atoms with Crippen LogP contribution in [0.1, 0.15) is 22.8 Å². The normalized spacial score (nSPS) is 11.0. The van der Waals surface area contributed by atoms with Crippen LogP contribution in [-0.4, -0.2) is 32.2 Å². The molecule has 0 aliphatic carbocycles. The van der Waals surface area contributed by atoms with Gasteiger partial charge in [0.15, 0.2) is 11.5 Å². The number of ether oxygens (including phenoxy) is 4. The summed E-state index contributed by atoms with van der Waals surface area (Å²) in [6, 6.07) is 7.74. The average Bonchev–Trinajstić information content (AvgIpc) is 2.68. The molecule has 0 heterocycles. The molecule has 2 aromatic rings. The summed E-state index contributed by atoms with van der Waals surface area (Å²) in [7, 11) is 4.32. The van der Waals surface area contributed by atoms with Crippen LogP contribution in [0.2, 0.25) is 0 Å². The maximum atomic E-state index is 12.7. The molecule has 2 rings (SSSR count). The second kappa shape index (κ2) is 9.23. The monoisotopic (exact) mass is 451 g/mol. The SMILES string of the molecule is COc1cc(C(=O)Oc2ccc(Br)cc2/C=C(\C)[N+](=O)[O-])cc(OC)c1OC. The van der Waals surface area contributed by atoms with Gasteiger partial charge in [0.1, 0.15) is 5.75 Å². The van der Waals surface area contributed by atoms with Crippen molar-refractivity contribution in [2.24, 2.45) is 0 Å². The van der Waals surface area contributed by atoms with Crippen molar-refractivity contribution in [1.82, 2.24) is 0 Å². The van der Waals surface area contributed by atoms with E-state index in [1.165, 1.54) is 46.5 Å². The van der Waals surface area contributed by atoms with E-state index in [1.807, 2.05) is 0 Å². The van der Waals surface area contributed by atoms with Crippen molar-refractivity contribution in [3.05, 3.63) is 61.7 Å². The van der Waals surface area contributed by atoms with Gasteiger partial charge in [-0.15, -0.1) is 0 Å². The summed E-state index contributed by atoms with van der Waals surface area (Å²) in [5, 5.41) is 10.9. The molecule has 28 heavy (non-hydrogen) atoms. The Bertz CT molecular complexity index is 915. The van der Waals surface area contributed by atoms with Crippen molar-refractivity contribution in [3.8, 4) is 23.0 Å². The van der Waals surface area contributed by atoms with E-state index in [2.05, 4.69) is 15.9 Å². The number of nitro groups is 1. The van der Waals surface area contributed by atoms with E-state index in [-0.39, 0.29) is 17.0 Å². The summed E-state index contributed by atoms with van der Waals surface area (Å²) >= 11 is 3.30. The predicted molar refractivity (Wildman–Crippen MR) is 106 cm³/mol. The fraction of sp³-hybridized carbons (Fsp3) is 0.211. The number of nitrogens with zero attached hydrogens (tertiary/aromatic N) is 1. The average molecular weight is 452 g/mol. The molecule has 0 unspecified atom stereocenters. The maximum absolute atomic E-state index is 12.7. The van der Waals surface area contributed by atoms with Crippen LogP contribution in [0, 0.1) is 10.1 Å². The highest BCUT2D eigenvalue weighted by atomic mass is 79.9. The molecule has 0 amide bonds. The number of benzene rings is 2. The van der Waals surface area contributed by atoms with Crippen molar-refractivity contribution in [1.29, 1.82) is 0 Å². The molecule has 148 valence electrons. The Hall–Kier alpha value is -3.07. The van der Waals surface area contributed by atoms with E-state index in [4.69, 9.17) is 18.9 Å². The Morgan fingerprint density at radius 1 is 1.04 bits per heavy atom. The van der Waals surface area contributed by atoms with Crippen LogP contribution in [0.25, 0.3) is 6.08 Å². The number of esters is 1. The summed E-state index contributed by atoms with van der Waals surface area (Å²) in [5.74, 6) is 0.427. The second-order valence-corrected chi connectivity index (χ2v) is 6.44. The molecule has 0 aliphatic heterocycles. The van der Waals surface area contributed by atoms with Gasteiger partial charge in [-0.3, -0.25) is 10.1 Å². The van der Waals surface area contributed by atoms with Crippen LogP contribution >= 0.6 is 15.9 Å². The van der Waals surface area contributed by atoms with Crippen LogP contribution in [-0.2, 0) is 0 Å². The zero-order chi connectivity index (χ0) is 20.8. The molecule has 0 saturated heterocycles. The van der Waals surface area contributed by atoms with Gasteiger partial charge in [-0.1, -0.05) is 15.9 Å². The molecule has 0 N–H and O–H groups in total. The van der Waals surface area contributed by atoms with E-state index in [9.17, 15) is 14.9 Å². The van der Waals surface area contributed by atoms with Crippen LogP contribution < -0.4 is 18.9 Å². The minimum Gasteiger partial charge on any atom is -0.493 e. The van der Waals surface area contributed by atoms with E-state index < -0.39 is 10.9 Å². The quantitative estimate of drug-likeness (QED) is 0.267. The summed E-state index contributed by atoms with van der Waals surface area (Å²) < 4.78 is 21.8. The molecule has 9 heteroatoms. The minimum absolute atomic E-state index is 0.0943. The Morgan fingerprint density at radius 3 is 2.14 bits per heavy atom. The first kappa shape index (κ1) is 21.2. The lowest BCUT2D eigenvalue weighted by Gasteiger charge is -2.14. The van der Waals surface area contributed by atoms with Crippen LogP contribution in [0.15, 0.2) is 40.5 Å². The van der Waals surface area contributed by atoms with Gasteiger partial charge < -0.3 is 18.9 Å². The Balaban J connectivity index is 2.43. The van der Waals surface area contributed by atoms with Crippen molar-refractivity contribution < 1.29 is 28.7 Å². The standard InChI is InChI=1S/C19H18BrNO7/c1-11(21(23)24)7-12-8-14(20)5-6-15(12)28-19(22)13-9-16(25-2)18(27-4)17(10-13)26-3/h5-10H,1-4H3/b11-7+. The van der Waals surface area contributed by atoms with Gasteiger partial charge in [0.25, 0.3) is 0 Å². The lowest BCUT2D eigenvalue weighted by atomic mass is 10.1. The van der Waals surface area contributed by atoms with Crippen LogP contribution in [0.4, 0.5) is 0 Å². The predicted octanol–water partition coefficient (Wildman–Crippen LogP) is 4.33. The highest BCUT2D eigenvalue weighted by Crippen LogP contribution is 2.38. The van der Waals surface area contributed by atoms with Gasteiger partial charge in [-0.25, -0.2) is 4.79 Å². The number of allylic oxidation sites excluding steroid dienone is 1. The molecular weight excluding hydrogens is 434 g/mol. The van der Waals surface area contributed by atoms with Crippen molar-refractivity contribution in [2.45, 2.75) is 6.92 Å². The molecule has 0 fully saturated rings. The van der Waals surface area contributed by atoms with Gasteiger partial charge in [0, 0.05) is 23.0 Å². The molecule has 0 atom stereocenters. The molecule has 2 aromatic carbocycles. The third-order valence-electron chi connectivity index (χ3n) is 3.73. The summed E-state index contributed by atoms with van der Waals surface area (Å²) in [5.41, 5.74) is 0.450. The van der Waals surface area contributed by atoms with Crippen molar-refractivity contribution in [2.75, 3.05) is 21.3 Å². The van der Waals surface area contributed by atoms with E-state index in [1.54, 1.807) is 18.2 Å². The van der Waals surface area contributed by atoms with Crippen LogP contribution in [0.5, 0.6) is 23.0 Å². The fourth-order valence-corrected chi connectivity index (χ4v) is 2.74. The Labute approximate surface area is 169 Å². The number of rotatable bonds is 7. The molecule has 0 radical (unpaired) electrons. The zero-order valence-electron chi connectivity index (χ0n) is 15.6. The summed E-state index contributed by atoms with van der Waals surface area (Å²) in [6.07, 6.45) is 1.32. The van der Waals surface area contributed by atoms with Crippen molar-refractivity contribution in [3.63, 3.8) is 0 Å². The van der Waals surface area contributed by atoms with E-state index in [0.717, 1.165) is 0 Å². The summed E-state index contributed by atoms with van der Waals surface area (Å²) in [4.78, 5) is 23.1. The zero-order valence-corrected chi connectivity index (χ0v) is 17.2. The highest BCUT2D eigenvalue weighted by Gasteiger charge is 2.19. The van der Waals surface area contributed by atoms with E-state index in [0.29, 0.717) is 27.3 Å². The molecule has 8 nitrogen and oxygen atoms in total. The minimum atomic E-state index is -0.685. The van der Waals surface area contributed by atoms with Gasteiger partial charge in [-0.05, 0) is 30.3 Å². The first-order chi connectivity index (χ1) is 13.3. The lowest BCUT2D eigenvalue weighted by molar-refractivity contribution is -0.422. The Kier molecular flexibility index (Phi) is 7.00. The number of carbonyl (C=O) groups excluding carboxylic acids is 1. The highest BCUT2D eigenvalue weighted by molar-refractivity contribution is 9.10. The third-order valence-corrected chi connectivity index (χ3v) is 4.22. The molecular formula is C19H18BrNO7. The topological polar surface area (TPSA) is 97.1 Å². The third kappa shape index (κ3) is 4.80. The molecule has 0 bridgehead atoms. The second-order valence-electron chi connectivity index (χ2n) is 5.53. The summed E-state index contributed by atoms with van der Waals surface area (Å²) in [6.45, 7) is 1.35. The van der Waals surface area contributed by atoms with Gasteiger partial charge in [-0.2, -0.15) is 0 Å². The number of halogens is 1. The van der Waals surface area contributed by atoms with Crippen molar-refractivity contribution >= 4 is 28.0 Å². The van der Waals surface area contributed by atoms with E-state index >= 15 is 0 Å². The van der Waals surface area contributed by atoms with Gasteiger partial charge in [0.05, 0.1) is 31.8 Å². The largest absolute Gasteiger partial charge is 0.493 e. The first-order valence-electron chi connectivity index (χ1n) is 7.95. The lowest BCUT2D eigenvalue weighted by Crippen LogP contribution is -2.10. The van der Waals surface area contributed by atoms with Gasteiger partial charge in [0.2, 0.25) is 11.4 Å². The number of hydrogen-bond donors (Lipinski definition) is 0. The van der Waals surface area contributed by atoms with Gasteiger partial charge >= 0.3 is 5.97 Å². The molecule has 0 aromatic heterocycles.